The van der Waals surface area contributed by atoms with Crippen LogP contribution in [0.3, 0.4) is 0 Å². The number of aromatic carboxylic acids is 1. The van der Waals surface area contributed by atoms with Crippen molar-refractivity contribution in [1.29, 1.82) is 0 Å². The van der Waals surface area contributed by atoms with Gasteiger partial charge in [0, 0.05) is 35.4 Å². The van der Waals surface area contributed by atoms with E-state index in [1.54, 1.807) is 25.3 Å². The fourth-order valence-corrected chi connectivity index (χ4v) is 2.40. The maximum Gasteiger partial charge on any atom is 0.335 e. The number of carbonyl (C=O) groups excluding carboxylic acids is 1. The van der Waals surface area contributed by atoms with Crippen molar-refractivity contribution in [2.75, 3.05) is 12.0 Å². The second kappa shape index (κ2) is 7.64. The number of benzene rings is 1. The van der Waals surface area contributed by atoms with Crippen LogP contribution in [0.25, 0.3) is 0 Å². The Morgan fingerprint density at radius 1 is 1.30 bits per heavy atom. The number of rotatable bonds is 6. The summed E-state index contributed by atoms with van der Waals surface area (Å²) in [6.45, 7) is 2.08. The minimum atomic E-state index is -0.983. The van der Waals surface area contributed by atoms with E-state index in [1.807, 2.05) is 0 Å². The smallest absolute Gasteiger partial charge is 0.335 e. The normalized spacial score (nSPS) is 13.3. The predicted molar refractivity (Wildman–Crippen MR) is 77.2 cm³/mol. The largest absolute Gasteiger partial charge is 0.478 e. The molecule has 110 valence electrons. The summed E-state index contributed by atoms with van der Waals surface area (Å²) < 4.78 is 11.0. The van der Waals surface area contributed by atoms with Crippen LogP contribution in [-0.4, -0.2) is 39.4 Å². The summed E-state index contributed by atoms with van der Waals surface area (Å²) in [6, 6.07) is 5.75. The van der Waals surface area contributed by atoms with Gasteiger partial charge in [-0.2, -0.15) is 0 Å². The summed E-state index contributed by atoms with van der Waals surface area (Å²) in [4.78, 5) is 22.3. The molecule has 0 fully saturated rings. The second-order valence-electron chi connectivity index (χ2n) is 4.47. The van der Waals surface area contributed by atoms with E-state index in [1.165, 1.54) is 12.1 Å². The molecule has 2 amide bonds. The van der Waals surface area contributed by atoms with Gasteiger partial charge < -0.3 is 15.7 Å². The maximum absolute atomic E-state index is 11.6. The van der Waals surface area contributed by atoms with Crippen LogP contribution in [-0.2, 0) is 17.3 Å². The van der Waals surface area contributed by atoms with Crippen molar-refractivity contribution in [3.8, 4) is 0 Å². The number of nitrogens with one attached hydrogen (secondary N) is 2. The lowest BCUT2D eigenvalue weighted by Gasteiger charge is -2.13. The van der Waals surface area contributed by atoms with E-state index < -0.39 is 16.8 Å². The zero-order valence-electron chi connectivity index (χ0n) is 11.4. The van der Waals surface area contributed by atoms with Gasteiger partial charge in [0.25, 0.3) is 0 Å². The standard InChI is InChI=1S/C13H18N2O4S/c1-9(8-20(2)19)15-13(18)14-7-10-3-5-11(6-4-10)12(16)17/h3-6,9H,7-8H2,1-2H3,(H,16,17)(H2,14,15,18). The van der Waals surface area contributed by atoms with Crippen molar-refractivity contribution in [2.45, 2.75) is 19.5 Å². The van der Waals surface area contributed by atoms with E-state index in [2.05, 4.69) is 10.6 Å². The number of urea groups is 1. The van der Waals surface area contributed by atoms with Crippen molar-refractivity contribution in [3.05, 3.63) is 35.4 Å². The molecule has 6 nitrogen and oxygen atoms in total. The first-order valence-electron chi connectivity index (χ1n) is 6.05. The van der Waals surface area contributed by atoms with Gasteiger partial charge >= 0.3 is 12.0 Å². The van der Waals surface area contributed by atoms with Crippen LogP contribution in [0.5, 0.6) is 0 Å². The Morgan fingerprint density at radius 3 is 2.40 bits per heavy atom. The third kappa shape index (κ3) is 5.83. The highest BCUT2D eigenvalue weighted by molar-refractivity contribution is 7.84. The molecular formula is C13H18N2O4S. The molecule has 20 heavy (non-hydrogen) atoms. The lowest BCUT2D eigenvalue weighted by atomic mass is 10.1. The number of hydrogen-bond acceptors (Lipinski definition) is 3. The quantitative estimate of drug-likeness (QED) is 0.728. The minimum Gasteiger partial charge on any atom is -0.478 e. The van der Waals surface area contributed by atoms with Gasteiger partial charge in [-0.15, -0.1) is 0 Å². The molecule has 7 heteroatoms. The second-order valence-corrected chi connectivity index (χ2v) is 5.95. The lowest BCUT2D eigenvalue weighted by molar-refractivity contribution is 0.0697. The van der Waals surface area contributed by atoms with Gasteiger partial charge in [0.1, 0.15) is 0 Å². The van der Waals surface area contributed by atoms with Crippen molar-refractivity contribution < 1.29 is 18.9 Å². The molecule has 0 saturated carbocycles. The average molecular weight is 298 g/mol. The SMILES string of the molecule is CC(CS(C)=O)NC(=O)NCc1ccc(C(=O)O)cc1. The van der Waals surface area contributed by atoms with E-state index in [-0.39, 0.29) is 17.6 Å². The first-order chi connectivity index (χ1) is 9.38. The Morgan fingerprint density at radius 2 is 1.90 bits per heavy atom. The number of hydrogen-bond donors (Lipinski definition) is 3. The molecule has 0 aliphatic rings. The zero-order valence-corrected chi connectivity index (χ0v) is 12.2. The van der Waals surface area contributed by atoms with Gasteiger partial charge in [0.15, 0.2) is 0 Å². The summed E-state index contributed by atoms with van der Waals surface area (Å²) in [5, 5.41) is 14.1. The molecule has 0 aromatic heterocycles. The zero-order chi connectivity index (χ0) is 15.1. The van der Waals surface area contributed by atoms with Crippen molar-refractivity contribution in [2.24, 2.45) is 0 Å². The summed E-state index contributed by atoms with van der Waals surface area (Å²) in [6.07, 6.45) is 1.58. The highest BCUT2D eigenvalue weighted by atomic mass is 32.2. The lowest BCUT2D eigenvalue weighted by Crippen LogP contribution is -2.42. The Labute approximate surface area is 120 Å². The van der Waals surface area contributed by atoms with Gasteiger partial charge in [-0.25, -0.2) is 9.59 Å². The van der Waals surface area contributed by atoms with E-state index in [0.717, 1.165) is 5.56 Å². The Hall–Kier alpha value is -1.89. The highest BCUT2D eigenvalue weighted by Crippen LogP contribution is 2.04. The van der Waals surface area contributed by atoms with Crippen LogP contribution >= 0.6 is 0 Å². The Bertz CT molecular complexity index is 502. The average Bonchev–Trinajstić information content (AvgIpc) is 2.35. The van der Waals surface area contributed by atoms with Crippen LogP contribution in [0, 0.1) is 0 Å². The number of carboxylic acid groups (broad SMARTS) is 1. The molecule has 0 bridgehead atoms. The van der Waals surface area contributed by atoms with Crippen LogP contribution in [0.1, 0.15) is 22.8 Å². The third-order valence-corrected chi connectivity index (χ3v) is 3.49. The molecule has 0 aliphatic carbocycles. The molecule has 0 saturated heterocycles. The van der Waals surface area contributed by atoms with Crippen LogP contribution in [0.15, 0.2) is 24.3 Å². The first kappa shape index (κ1) is 16.2. The number of carboxylic acids is 1. The third-order valence-electron chi connectivity index (χ3n) is 2.52. The topological polar surface area (TPSA) is 95.5 Å². The fraction of sp³-hybridized carbons (Fsp3) is 0.385. The van der Waals surface area contributed by atoms with Gasteiger partial charge in [0.2, 0.25) is 0 Å². The highest BCUT2D eigenvalue weighted by Gasteiger charge is 2.08. The summed E-state index contributed by atoms with van der Waals surface area (Å²) in [5.74, 6) is -0.579. The first-order valence-corrected chi connectivity index (χ1v) is 7.78. The molecule has 2 atom stereocenters. The molecule has 1 aromatic carbocycles. The van der Waals surface area contributed by atoms with Crippen molar-refractivity contribution in [3.63, 3.8) is 0 Å². The molecule has 0 aliphatic heterocycles. The molecule has 1 rings (SSSR count). The van der Waals surface area contributed by atoms with E-state index >= 15 is 0 Å². The summed E-state index contributed by atoms with van der Waals surface area (Å²) in [5.41, 5.74) is 1.01. The van der Waals surface area contributed by atoms with Crippen LogP contribution in [0.4, 0.5) is 4.79 Å². The van der Waals surface area contributed by atoms with Gasteiger partial charge in [-0.05, 0) is 24.6 Å². The van der Waals surface area contributed by atoms with E-state index in [4.69, 9.17) is 5.11 Å². The van der Waals surface area contributed by atoms with E-state index in [9.17, 15) is 13.8 Å². The Kier molecular flexibility index (Phi) is 6.17. The molecule has 0 spiro atoms. The molecule has 2 unspecified atom stereocenters. The molecule has 0 heterocycles. The van der Waals surface area contributed by atoms with Crippen molar-refractivity contribution >= 4 is 22.8 Å². The van der Waals surface area contributed by atoms with Gasteiger partial charge in [-0.3, -0.25) is 4.21 Å². The monoisotopic (exact) mass is 298 g/mol. The Balaban J connectivity index is 2.40. The van der Waals surface area contributed by atoms with E-state index in [0.29, 0.717) is 12.3 Å². The summed E-state index contributed by atoms with van der Waals surface area (Å²) in [7, 11) is -0.957. The molecule has 1 aromatic rings. The maximum atomic E-state index is 11.6. The molecular weight excluding hydrogens is 280 g/mol. The van der Waals surface area contributed by atoms with Gasteiger partial charge in [-0.1, -0.05) is 12.1 Å². The molecule has 3 N–H and O–H groups in total. The summed E-state index contributed by atoms with van der Waals surface area (Å²) >= 11 is 0. The predicted octanol–water partition coefficient (Wildman–Crippen LogP) is 0.951. The van der Waals surface area contributed by atoms with Crippen LogP contribution in [0.2, 0.25) is 0 Å². The number of carbonyl (C=O) groups is 2. The fourth-order valence-electron chi connectivity index (χ4n) is 1.62. The molecule has 0 radical (unpaired) electrons. The van der Waals surface area contributed by atoms with Crippen LogP contribution < -0.4 is 10.6 Å². The van der Waals surface area contributed by atoms with Crippen molar-refractivity contribution in [1.82, 2.24) is 10.6 Å². The minimum absolute atomic E-state index is 0.171. The van der Waals surface area contributed by atoms with Gasteiger partial charge in [0.05, 0.1) is 5.56 Å². The number of amides is 2.